The van der Waals surface area contributed by atoms with E-state index in [9.17, 15) is 8.42 Å². The maximum Gasteiger partial charge on any atom is 0.238 e. The van der Waals surface area contributed by atoms with Gasteiger partial charge < -0.3 is 5.32 Å². The van der Waals surface area contributed by atoms with Gasteiger partial charge in [0.15, 0.2) is 0 Å². The molecular weight excluding hydrogens is 224 g/mol. The third-order valence-electron chi connectivity index (χ3n) is 2.67. The number of hydrogen-bond donors (Lipinski definition) is 2. The minimum absolute atomic E-state index is 0.121. The molecule has 0 radical (unpaired) electrons. The van der Waals surface area contributed by atoms with Crippen molar-refractivity contribution in [2.45, 2.75) is 17.2 Å². The molecule has 1 aromatic rings. The molecule has 1 aliphatic heterocycles. The molecule has 1 atom stereocenters. The average Bonchev–Trinajstić information content (AvgIpc) is 2.29. The van der Waals surface area contributed by atoms with Gasteiger partial charge in [-0.1, -0.05) is 24.3 Å². The molecule has 0 amide bonds. The largest absolute Gasteiger partial charge is 0.391 e. The van der Waals surface area contributed by atoms with Crippen molar-refractivity contribution in [2.75, 3.05) is 6.54 Å². The Labute approximate surface area is 95.2 Å². The summed E-state index contributed by atoms with van der Waals surface area (Å²) in [4.78, 5) is 0.228. The van der Waals surface area contributed by atoms with Gasteiger partial charge in [-0.05, 0) is 24.3 Å². The van der Waals surface area contributed by atoms with Gasteiger partial charge in [-0.2, -0.15) is 0 Å². The van der Waals surface area contributed by atoms with Crippen LogP contribution in [0.4, 0.5) is 0 Å². The van der Waals surface area contributed by atoms with E-state index in [4.69, 9.17) is 5.14 Å². The molecule has 1 heterocycles. The van der Waals surface area contributed by atoms with E-state index < -0.39 is 10.0 Å². The van der Waals surface area contributed by atoms with Gasteiger partial charge in [-0.3, -0.25) is 0 Å². The second-order valence-corrected chi connectivity index (χ2v) is 5.32. The van der Waals surface area contributed by atoms with Gasteiger partial charge in [-0.25, -0.2) is 13.6 Å². The van der Waals surface area contributed by atoms with E-state index in [-0.39, 0.29) is 10.8 Å². The molecule has 1 aromatic carbocycles. The highest BCUT2D eigenvalue weighted by Crippen LogP contribution is 2.27. The van der Waals surface area contributed by atoms with Crippen LogP contribution in [0.15, 0.2) is 41.4 Å². The number of primary sulfonamides is 1. The zero-order valence-electron chi connectivity index (χ0n) is 8.76. The standard InChI is InChI=1S/C11H14N2O2S/c12-16(14,15)11-4-2-1-3-10(11)9-5-7-13-8-6-9/h1-5,7,9,13H,6,8H2,(H2,12,14,15). The predicted molar refractivity (Wildman–Crippen MR) is 62.3 cm³/mol. The normalized spacial score (nSPS) is 20.4. The molecule has 0 saturated carbocycles. The quantitative estimate of drug-likeness (QED) is 0.805. The fraction of sp³-hybridized carbons (Fsp3) is 0.273. The summed E-state index contributed by atoms with van der Waals surface area (Å²) in [5.74, 6) is 0.121. The molecule has 0 aromatic heterocycles. The SMILES string of the molecule is NS(=O)(=O)c1ccccc1C1C=CNCC1. The Morgan fingerprint density at radius 2 is 2.06 bits per heavy atom. The zero-order valence-corrected chi connectivity index (χ0v) is 9.57. The van der Waals surface area contributed by atoms with Crippen molar-refractivity contribution >= 4 is 10.0 Å². The molecular formula is C11H14N2O2S. The van der Waals surface area contributed by atoms with Gasteiger partial charge in [0.05, 0.1) is 4.90 Å². The van der Waals surface area contributed by atoms with Crippen LogP contribution in [-0.2, 0) is 10.0 Å². The summed E-state index contributed by atoms with van der Waals surface area (Å²) in [6, 6.07) is 6.90. The van der Waals surface area contributed by atoms with Crippen molar-refractivity contribution in [3.05, 3.63) is 42.1 Å². The molecule has 2 rings (SSSR count). The van der Waals surface area contributed by atoms with Gasteiger partial charge in [0.25, 0.3) is 0 Å². The smallest absolute Gasteiger partial charge is 0.238 e. The molecule has 1 unspecified atom stereocenters. The Bertz CT molecular complexity index is 508. The van der Waals surface area contributed by atoms with Crippen LogP contribution in [0.3, 0.4) is 0 Å². The molecule has 4 nitrogen and oxygen atoms in total. The first kappa shape index (κ1) is 11.2. The molecule has 0 saturated heterocycles. The summed E-state index contributed by atoms with van der Waals surface area (Å²) in [5, 5.41) is 8.28. The molecule has 0 spiro atoms. The first-order chi connectivity index (χ1) is 7.59. The highest BCUT2D eigenvalue weighted by atomic mass is 32.2. The van der Waals surface area contributed by atoms with E-state index in [0.29, 0.717) is 0 Å². The van der Waals surface area contributed by atoms with E-state index in [2.05, 4.69) is 5.32 Å². The summed E-state index contributed by atoms with van der Waals surface area (Å²) in [6.07, 6.45) is 4.70. The van der Waals surface area contributed by atoms with Gasteiger partial charge in [0.2, 0.25) is 10.0 Å². The number of rotatable bonds is 2. The lowest BCUT2D eigenvalue weighted by molar-refractivity contribution is 0.592. The second kappa shape index (κ2) is 4.27. The molecule has 5 heteroatoms. The molecule has 1 aliphatic rings. The lowest BCUT2D eigenvalue weighted by atomic mass is 9.94. The lowest BCUT2D eigenvalue weighted by Crippen LogP contribution is -2.20. The lowest BCUT2D eigenvalue weighted by Gasteiger charge is -2.19. The average molecular weight is 238 g/mol. The van der Waals surface area contributed by atoms with Crippen LogP contribution in [0.5, 0.6) is 0 Å². The summed E-state index contributed by atoms with van der Waals surface area (Å²) in [7, 11) is -3.64. The van der Waals surface area contributed by atoms with Crippen molar-refractivity contribution in [1.82, 2.24) is 5.32 Å². The molecule has 0 fully saturated rings. The number of sulfonamides is 1. The number of hydrogen-bond acceptors (Lipinski definition) is 3. The Morgan fingerprint density at radius 3 is 2.69 bits per heavy atom. The van der Waals surface area contributed by atoms with Crippen molar-refractivity contribution in [2.24, 2.45) is 5.14 Å². The van der Waals surface area contributed by atoms with Gasteiger partial charge in [0.1, 0.15) is 0 Å². The topological polar surface area (TPSA) is 72.2 Å². The molecule has 16 heavy (non-hydrogen) atoms. The van der Waals surface area contributed by atoms with E-state index in [1.165, 1.54) is 0 Å². The summed E-state index contributed by atoms with van der Waals surface area (Å²) in [5.41, 5.74) is 0.780. The number of nitrogens with one attached hydrogen (secondary N) is 1. The van der Waals surface area contributed by atoms with Crippen molar-refractivity contribution < 1.29 is 8.42 Å². The molecule has 3 N–H and O–H groups in total. The first-order valence-corrected chi connectivity index (χ1v) is 6.65. The Hall–Kier alpha value is -1.33. The first-order valence-electron chi connectivity index (χ1n) is 5.11. The van der Waals surface area contributed by atoms with Gasteiger partial charge >= 0.3 is 0 Å². The van der Waals surface area contributed by atoms with E-state index >= 15 is 0 Å². The Kier molecular flexibility index (Phi) is 2.98. The zero-order chi connectivity index (χ0) is 11.6. The van der Waals surface area contributed by atoms with Gasteiger partial charge in [0, 0.05) is 12.5 Å². The van der Waals surface area contributed by atoms with Crippen molar-refractivity contribution in [3.63, 3.8) is 0 Å². The molecule has 86 valence electrons. The summed E-state index contributed by atoms with van der Waals surface area (Å²) >= 11 is 0. The highest BCUT2D eigenvalue weighted by molar-refractivity contribution is 7.89. The maximum absolute atomic E-state index is 11.4. The van der Waals surface area contributed by atoms with Crippen LogP contribution in [0.1, 0.15) is 17.9 Å². The number of benzene rings is 1. The van der Waals surface area contributed by atoms with Crippen LogP contribution in [0.2, 0.25) is 0 Å². The van der Waals surface area contributed by atoms with Crippen molar-refractivity contribution in [3.8, 4) is 0 Å². The third kappa shape index (κ3) is 2.25. The number of allylic oxidation sites excluding steroid dienone is 1. The maximum atomic E-state index is 11.4. The monoisotopic (exact) mass is 238 g/mol. The van der Waals surface area contributed by atoms with E-state index in [1.54, 1.807) is 12.1 Å². The van der Waals surface area contributed by atoms with Crippen LogP contribution in [0, 0.1) is 0 Å². The fourth-order valence-electron chi connectivity index (χ4n) is 1.91. The summed E-state index contributed by atoms with van der Waals surface area (Å²) < 4.78 is 22.9. The van der Waals surface area contributed by atoms with Crippen LogP contribution in [0.25, 0.3) is 0 Å². The minimum Gasteiger partial charge on any atom is -0.391 e. The molecule has 0 bridgehead atoms. The van der Waals surface area contributed by atoms with Crippen molar-refractivity contribution in [1.29, 1.82) is 0 Å². The third-order valence-corrected chi connectivity index (χ3v) is 3.66. The Balaban J connectivity index is 2.48. The fourth-order valence-corrected chi connectivity index (χ4v) is 2.72. The van der Waals surface area contributed by atoms with E-state index in [0.717, 1.165) is 18.5 Å². The minimum atomic E-state index is -3.64. The van der Waals surface area contributed by atoms with Crippen LogP contribution >= 0.6 is 0 Å². The highest BCUT2D eigenvalue weighted by Gasteiger charge is 2.19. The van der Waals surface area contributed by atoms with Crippen LogP contribution in [-0.4, -0.2) is 15.0 Å². The Morgan fingerprint density at radius 1 is 1.31 bits per heavy atom. The van der Waals surface area contributed by atoms with Crippen LogP contribution < -0.4 is 10.5 Å². The number of nitrogens with two attached hydrogens (primary N) is 1. The van der Waals surface area contributed by atoms with Gasteiger partial charge in [-0.15, -0.1) is 0 Å². The molecule has 0 aliphatic carbocycles. The predicted octanol–water partition coefficient (Wildman–Crippen LogP) is 0.925. The summed E-state index contributed by atoms with van der Waals surface area (Å²) in [6.45, 7) is 0.847. The second-order valence-electron chi connectivity index (χ2n) is 3.79. The van der Waals surface area contributed by atoms with E-state index in [1.807, 2.05) is 24.4 Å².